The van der Waals surface area contributed by atoms with E-state index in [1.165, 1.54) is 11.9 Å². The van der Waals surface area contributed by atoms with E-state index in [2.05, 4.69) is 16.7 Å². The molecule has 3 rings (SSSR count). The van der Waals surface area contributed by atoms with E-state index in [1.54, 1.807) is 0 Å². The van der Waals surface area contributed by atoms with Crippen molar-refractivity contribution in [2.45, 2.75) is 38.2 Å². The van der Waals surface area contributed by atoms with Gasteiger partial charge in [0.05, 0.1) is 11.1 Å². The van der Waals surface area contributed by atoms with Gasteiger partial charge in [0.1, 0.15) is 6.04 Å². The van der Waals surface area contributed by atoms with Crippen LogP contribution in [0.3, 0.4) is 0 Å². The Bertz CT molecular complexity index is 980. The summed E-state index contributed by atoms with van der Waals surface area (Å²) in [6.07, 6.45) is -8.91. The molecule has 2 aromatic rings. The molecule has 0 bridgehead atoms. The van der Waals surface area contributed by atoms with Gasteiger partial charge < -0.3 is 9.80 Å². The number of hydrogen-bond acceptors (Lipinski definition) is 3. The van der Waals surface area contributed by atoms with Crippen molar-refractivity contribution < 1.29 is 31.1 Å². The number of amides is 1. The van der Waals surface area contributed by atoms with Crippen LogP contribution in [0.2, 0.25) is 0 Å². The van der Waals surface area contributed by atoms with Crippen LogP contribution in [0.5, 0.6) is 0 Å². The molecular formula is C26H33Cl2F6N3O. The molecule has 1 amide bonds. The van der Waals surface area contributed by atoms with Gasteiger partial charge in [0.15, 0.2) is 0 Å². The number of likely N-dealkylation sites (N-methyl/N-ethyl adjacent to an activating group) is 1. The lowest BCUT2D eigenvalue weighted by Crippen LogP contribution is -2.51. The molecule has 1 aliphatic rings. The predicted molar refractivity (Wildman–Crippen MR) is 140 cm³/mol. The maximum absolute atomic E-state index is 13.5. The maximum atomic E-state index is 13.5. The molecular weight excluding hydrogens is 555 g/mol. The third-order valence-corrected chi connectivity index (χ3v) is 6.42. The fourth-order valence-electron chi connectivity index (χ4n) is 4.49. The van der Waals surface area contributed by atoms with Crippen LogP contribution in [0.25, 0.3) is 0 Å². The second-order valence-corrected chi connectivity index (χ2v) is 9.11. The highest BCUT2D eigenvalue weighted by molar-refractivity contribution is 5.85. The molecule has 4 nitrogen and oxygen atoms in total. The van der Waals surface area contributed by atoms with Gasteiger partial charge in [-0.3, -0.25) is 9.69 Å². The number of halogens is 8. The summed E-state index contributed by atoms with van der Waals surface area (Å²) >= 11 is 0. The van der Waals surface area contributed by atoms with Crippen molar-refractivity contribution in [2.75, 3.05) is 46.3 Å². The van der Waals surface area contributed by atoms with E-state index < -0.39 is 29.5 Å². The molecule has 2 aromatic carbocycles. The smallest absolute Gasteiger partial charge is 0.344 e. The van der Waals surface area contributed by atoms with Crippen molar-refractivity contribution in [1.29, 1.82) is 0 Å². The van der Waals surface area contributed by atoms with Crippen LogP contribution >= 0.6 is 24.8 Å². The predicted octanol–water partition coefficient (Wildman–Crippen LogP) is 6.34. The summed E-state index contributed by atoms with van der Waals surface area (Å²) in [4.78, 5) is 19.3. The summed E-state index contributed by atoms with van der Waals surface area (Å²) in [6.45, 7) is 6.07. The third kappa shape index (κ3) is 9.03. The van der Waals surface area contributed by atoms with E-state index in [0.29, 0.717) is 13.1 Å². The van der Waals surface area contributed by atoms with E-state index in [1.807, 2.05) is 30.3 Å². The van der Waals surface area contributed by atoms with E-state index in [0.717, 1.165) is 43.8 Å². The molecule has 12 heteroatoms. The monoisotopic (exact) mass is 587 g/mol. The van der Waals surface area contributed by atoms with Crippen LogP contribution < -0.4 is 0 Å². The lowest BCUT2D eigenvalue weighted by molar-refractivity contribution is -0.143. The van der Waals surface area contributed by atoms with Gasteiger partial charge in [0.2, 0.25) is 5.91 Å². The average Bonchev–Trinajstić information content (AvgIpc) is 2.83. The van der Waals surface area contributed by atoms with E-state index in [-0.39, 0.29) is 55.3 Å². The number of alkyl halides is 6. The van der Waals surface area contributed by atoms with Crippen LogP contribution in [0.1, 0.15) is 41.6 Å². The SMILES string of the molecule is CCCN1CCN(C(C(=O)N(C)CCc2cc(C(F)(F)F)cc(C(F)(F)F)c2)c2ccccc2)CC1.Cl.Cl. The zero-order valence-corrected chi connectivity index (χ0v) is 22.8. The Hall–Kier alpha value is -2.01. The molecule has 1 heterocycles. The lowest BCUT2D eigenvalue weighted by Gasteiger charge is -2.40. The highest BCUT2D eigenvalue weighted by atomic mass is 35.5. The fourth-order valence-corrected chi connectivity index (χ4v) is 4.49. The first-order chi connectivity index (χ1) is 16.9. The first kappa shape index (κ1) is 34.0. The van der Waals surface area contributed by atoms with Gasteiger partial charge in [0, 0.05) is 39.8 Å². The summed E-state index contributed by atoms with van der Waals surface area (Å²) in [5, 5.41) is 0. The highest BCUT2D eigenvalue weighted by Gasteiger charge is 2.37. The Morgan fingerprint density at radius 1 is 0.895 bits per heavy atom. The van der Waals surface area contributed by atoms with Crippen molar-refractivity contribution in [3.63, 3.8) is 0 Å². The van der Waals surface area contributed by atoms with E-state index in [4.69, 9.17) is 0 Å². The summed E-state index contributed by atoms with van der Waals surface area (Å²) in [6, 6.07) is 10.2. The molecule has 214 valence electrons. The molecule has 0 aliphatic carbocycles. The van der Waals surface area contributed by atoms with Gasteiger partial charge in [-0.2, -0.15) is 26.3 Å². The minimum absolute atomic E-state index is 0. The van der Waals surface area contributed by atoms with Crippen molar-refractivity contribution >= 4 is 30.7 Å². The Morgan fingerprint density at radius 2 is 1.42 bits per heavy atom. The molecule has 0 spiro atoms. The summed E-state index contributed by atoms with van der Waals surface area (Å²) in [7, 11) is 1.53. The second kappa shape index (κ2) is 14.4. The minimum Gasteiger partial charge on any atom is -0.344 e. The molecule has 0 saturated carbocycles. The van der Waals surface area contributed by atoms with E-state index >= 15 is 0 Å². The number of rotatable bonds is 8. The molecule has 1 unspecified atom stereocenters. The molecule has 1 saturated heterocycles. The number of hydrogen-bond donors (Lipinski definition) is 0. The zero-order valence-electron chi connectivity index (χ0n) is 21.2. The van der Waals surface area contributed by atoms with Crippen LogP contribution in [-0.2, 0) is 23.6 Å². The van der Waals surface area contributed by atoms with Crippen molar-refractivity contribution in [3.8, 4) is 0 Å². The van der Waals surface area contributed by atoms with Gasteiger partial charge in [-0.05, 0) is 48.7 Å². The zero-order chi connectivity index (χ0) is 26.5. The Morgan fingerprint density at radius 3 is 1.89 bits per heavy atom. The fraction of sp³-hybridized carbons (Fsp3) is 0.500. The number of nitrogens with zero attached hydrogens (tertiary/aromatic N) is 3. The van der Waals surface area contributed by atoms with E-state index in [9.17, 15) is 31.1 Å². The van der Waals surface area contributed by atoms with Crippen LogP contribution in [-0.4, -0.2) is 66.9 Å². The molecule has 0 aromatic heterocycles. The van der Waals surface area contributed by atoms with Gasteiger partial charge in [-0.1, -0.05) is 37.3 Å². The van der Waals surface area contributed by atoms with Crippen molar-refractivity contribution in [2.24, 2.45) is 0 Å². The quantitative estimate of drug-likeness (QED) is 0.337. The normalized spacial score (nSPS) is 15.8. The first-order valence-corrected chi connectivity index (χ1v) is 11.9. The average molecular weight is 588 g/mol. The van der Waals surface area contributed by atoms with Gasteiger partial charge in [-0.25, -0.2) is 0 Å². The molecule has 38 heavy (non-hydrogen) atoms. The van der Waals surface area contributed by atoms with Crippen molar-refractivity contribution in [1.82, 2.24) is 14.7 Å². The van der Waals surface area contributed by atoms with Crippen molar-refractivity contribution in [3.05, 3.63) is 70.8 Å². The first-order valence-electron chi connectivity index (χ1n) is 11.9. The second-order valence-electron chi connectivity index (χ2n) is 9.11. The summed E-state index contributed by atoms with van der Waals surface area (Å²) in [5.74, 6) is -0.242. The number of piperazine rings is 1. The van der Waals surface area contributed by atoms with Gasteiger partial charge in [-0.15, -0.1) is 24.8 Å². The van der Waals surface area contributed by atoms with Gasteiger partial charge >= 0.3 is 12.4 Å². The number of carbonyl (C=O) groups is 1. The van der Waals surface area contributed by atoms with Gasteiger partial charge in [0.25, 0.3) is 0 Å². The number of carbonyl (C=O) groups excluding carboxylic acids is 1. The standard InChI is InChI=1S/C26H31F6N3O.2ClH/c1-3-10-34-12-14-35(15-13-34)23(20-7-5-4-6-8-20)24(36)33(2)11-9-19-16-21(25(27,28)29)18-22(17-19)26(30,31)32;;/h4-8,16-18,23H,3,9-15H2,1-2H3;2*1H. The lowest BCUT2D eigenvalue weighted by atomic mass is 10.0. The largest absolute Gasteiger partial charge is 0.416 e. The molecule has 0 N–H and O–H groups in total. The van der Waals surface area contributed by atoms with Crippen LogP contribution in [0, 0.1) is 0 Å². The molecule has 1 atom stereocenters. The Balaban J connectivity index is 0.00000361. The summed E-state index contributed by atoms with van der Waals surface area (Å²) < 4.78 is 79.2. The van der Waals surface area contributed by atoms with Crippen LogP contribution in [0.4, 0.5) is 26.3 Å². The number of benzene rings is 2. The maximum Gasteiger partial charge on any atom is 0.416 e. The molecule has 0 radical (unpaired) electrons. The molecule has 1 fully saturated rings. The van der Waals surface area contributed by atoms with Crippen LogP contribution in [0.15, 0.2) is 48.5 Å². The summed E-state index contributed by atoms with van der Waals surface area (Å²) in [5.41, 5.74) is -2.03. The molecule has 1 aliphatic heterocycles. The Kier molecular flexibility index (Phi) is 12.9. The Labute approximate surface area is 231 Å². The third-order valence-electron chi connectivity index (χ3n) is 6.42. The highest BCUT2D eigenvalue weighted by Crippen LogP contribution is 2.36. The topological polar surface area (TPSA) is 26.8 Å². The minimum atomic E-state index is -4.91.